The second-order valence-corrected chi connectivity index (χ2v) is 4.47. The molecule has 1 aromatic rings. The second-order valence-electron chi connectivity index (χ2n) is 3.49. The summed E-state index contributed by atoms with van der Waals surface area (Å²) in [7, 11) is 0. The molecule has 0 radical (unpaired) electrons. The fourth-order valence-corrected chi connectivity index (χ4v) is 1.91. The number of aromatic nitrogens is 2. The van der Waals surface area contributed by atoms with Crippen molar-refractivity contribution >= 4 is 11.8 Å². The molecule has 0 N–H and O–H groups in total. The van der Waals surface area contributed by atoms with E-state index in [0.29, 0.717) is 6.42 Å². The highest BCUT2D eigenvalue weighted by molar-refractivity contribution is 7.98. The average Bonchev–Trinajstić information content (AvgIpc) is 2.58. The first-order chi connectivity index (χ1) is 7.29. The molecular weight excluding hydrogens is 206 g/mol. The van der Waals surface area contributed by atoms with Crippen molar-refractivity contribution in [3.05, 3.63) is 18.2 Å². The Morgan fingerprint density at radius 1 is 1.60 bits per heavy atom. The number of hydrogen-bond acceptors (Lipinski definition) is 2. The lowest BCUT2D eigenvalue weighted by molar-refractivity contribution is -0.702. The van der Waals surface area contributed by atoms with Gasteiger partial charge < -0.3 is 0 Å². The molecule has 0 aliphatic heterocycles. The zero-order valence-corrected chi connectivity index (χ0v) is 10.3. The van der Waals surface area contributed by atoms with Gasteiger partial charge in [0.2, 0.25) is 0 Å². The molecule has 0 saturated heterocycles. The van der Waals surface area contributed by atoms with Gasteiger partial charge in [0.25, 0.3) is 5.82 Å². The van der Waals surface area contributed by atoms with Crippen molar-refractivity contribution in [3.8, 4) is 6.07 Å². The molecule has 0 aliphatic carbocycles. The molecule has 0 atom stereocenters. The smallest absolute Gasteiger partial charge is 0.234 e. The van der Waals surface area contributed by atoms with Crippen molar-refractivity contribution in [1.82, 2.24) is 4.57 Å². The zero-order valence-electron chi connectivity index (χ0n) is 9.44. The summed E-state index contributed by atoms with van der Waals surface area (Å²) >= 11 is 1.86. The minimum absolute atomic E-state index is 0.641. The first-order valence-electron chi connectivity index (χ1n) is 5.20. The van der Waals surface area contributed by atoms with E-state index in [0.717, 1.165) is 25.3 Å². The number of imidazole rings is 1. The molecule has 15 heavy (non-hydrogen) atoms. The number of nitriles is 1. The van der Waals surface area contributed by atoms with Crippen molar-refractivity contribution in [2.45, 2.75) is 32.9 Å². The summed E-state index contributed by atoms with van der Waals surface area (Å²) in [6, 6.07) is 2.18. The van der Waals surface area contributed by atoms with Crippen LogP contribution in [0.2, 0.25) is 0 Å². The molecule has 0 amide bonds. The van der Waals surface area contributed by atoms with E-state index in [4.69, 9.17) is 5.26 Å². The van der Waals surface area contributed by atoms with Crippen LogP contribution in [0.3, 0.4) is 0 Å². The molecular formula is C11H18N3S+. The van der Waals surface area contributed by atoms with Gasteiger partial charge in [-0.15, -0.1) is 0 Å². The van der Waals surface area contributed by atoms with Crippen LogP contribution < -0.4 is 4.57 Å². The summed E-state index contributed by atoms with van der Waals surface area (Å²) in [5.41, 5.74) is 0. The number of hydrogen-bond donors (Lipinski definition) is 0. The lowest BCUT2D eigenvalue weighted by Crippen LogP contribution is -2.35. The molecule has 1 heterocycles. The van der Waals surface area contributed by atoms with Crippen molar-refractivity contribution in [2.75, 3.05) is 12.0 Å². The molecule has 0 unspecified atom stereocenters. The number of aryl methyl sites for hydroxylation is 2. The molecule has 4 heteroatoms. The highest BCUT2D eigenvalue weighted by Gasteiger charge is 2.10. The molecule has 0 aliphatic rings. The third-order valence-electron chi connectivity index (χ3n) is 2.48. The summed E-state index contributed by atoms with van der Waals surface area (Å²) in [4.78, 5) is 0. The molecule has 1 aromatic heterocycles. The van der Waals surface area contributed by atoms with E-state index in [-0.39, 0.29) is 0 Å². The molecule has 3 nitrogen and oxygen atoms in total. The molecule has 0 spiro atoms. The second kappa shape index (κ2) is 6.52. The Morgan fingerprint density at radius 3 is 3.07 bits per heavy atom. The predicted molar refractivity (Wildman–Crippen MR) is 62.6 cm³/mol. The van der Waals surface area contributed by atoms with Crippen molar-refractivity contribution in [1.29, 1.82) is 5.26 Å². The van der Waals surface area contributed by atoms with Gasteiger partial charge in [-0.05, 0) is 12.7 Å². The van der Waals surface area contributed by atoms with E-state index in [1.165, 1.54) is 5.82 Å². The molecule has 0 bridgehead atoms. The zero-order chi connectivity index (χ0) is 11.1. The minimum Gasteiger partial charge on any atom is -0.234 e. The first-order valence-corrected chi connectivity index (χ1v) is 6.60. The summed E-state index contributed by atoms with van der Waals surface area (Å²) in [5.74, 6) is 2.43. The molecule has 0 saturated carbocycles. The summed E-state index contributed by atoms with van der Waals surface area (Å²) in [5, 5.41) is 8.47. The standard InChI is InChI=1S/C11H18N3S/c1-11-13(6-4-3-5-12)7-8-14(11)9-10-15-2/h7-8H,3-4,6,9-10H2,1-2H3/q+1. The quantitative estimate of drug-likeness (QED) is 0.545. The topological polar surface area (TPSA) is 32.6 Å². The van der Waals surface area contributed by atoms with Gasteiger partial charge in [-0.1, -0.05) is 0 Å². The minimum atomic E-state index is 0.641. The fourth-order valence-electron chi connectivity index (χ4n) is 1.53. The third-order valence-corrected chi connectivity index (χ3v) is 3.07. The molecule has 82 valence electrons. The number of unbranched alkanes of at least 4 members (excludes halogenated alkanes) is 1. The highest BCUT2D eigenvalue weighted by Crippen LogP contribution is 1.99. The van der Waals surface area contributed by atoms with E-state index in [2.05, 4.69) is 40.8 Å². The van der Waals surface area contributed by atoms with Crippen molar-refractivity contribution < 1.29 is 4.57 Å². The van der Waals surface area contributed by atoms with Gasteiger partial charge in [-0.3, -0.25) is 0 Å². The van der Waals surface area contributed by atoms with E-state index < -0.39 is 0 Å². The first kappa shape index (κ1) is 12.1. The number of thioether (sulfide) groups is 1. The van der Waals surface area contributed by atoms with Gasteiger partial charge in [0.05, 0.1) is 19.2 Å². The van der Waals surface area contributed by atoms with E-state index in [1.54, 1.807) is 0 Å². The molecule has 0 fully saturated rings. The maximum absolute atomic E-state index is 8.47. The molecule has 0 aromatic carbocycles. The van der Waals surface area contributed by atoms with Crippen LogP contribution in [-0.2, 0) is 13.1 Å². The lowest BCUT2D eigenvalue weighted by atomic mass is 10.3. The fraction of sp³-hybridized carbons (Fsp3) is 0.636. The maximum Gasteiger partial charge on any atom is 0.253 e. The SMILES string of the molecule is CSCCn1cc[n+](CCCC#N)c1C. The Labute approximate surface area is 95.7 Å². The normalized spacial score (nSPS) is 10.2. The van der Waals surface area contributed by atoms with Crippen molar-refractivity contribution in [3.63, 3.8) is 0 Å². The lowest BCUT2D eigenvalue weighted by Gasteiger charge is -1.99. The summed E-state index contributed by atoms with van der Waals surface area (Å²) < 4.78 is 4.49. The summed E-state index contributed by atoms with van der Waals surface area (Å²) in [6.45, 7) is 4.15. The number of nitrogens with zero attached hydrogens (tertiary/aromatic N) is 3. The van der Waals surface area contributed by atoms with Gasteiger partial charge in [0, 0.05) is 19.1 Å². The monoisotopic (exact) mass is 224 g/mol. The van der Waals surface area contributed by atoms with E-state index in [1.807, 2.05) is 11.8 Å². The highest BCUT2D eigenvalue weighted by atomic mass is 32.2. The van der Waals surface area contributed by atoms with E-state index >= 15 is 0 Å². The Kier molecular flexibility index (Phi) is 5.27. The van der Waals surface area contributed by atoms with Gasteiger partial charge >= 0.3 is 0 Å². The Bertz CT molecular complexity index is 338. The van der Waals surface area contributed by atoms with E-state index in [9.17, 15) is 0 Å². The van der Waals surface area contributed by atoms with Gasteiger partial charge in [-0.25, -0.2) is 9.13 Å². The average molecular weight is 224 g/mol. The van der Waals surface area contributed by atoms with Crippen LogP contribution in [0.4, 0.5) is 0 Å². The van der Waals surface area contributed by atoms with Crippen LogP contribution in [0, 0.1) is 18.3 Å². The van der Waals surface area contributed by atoms with Crippen LogP contribution in [0.25, 0.3) is 0 Å². The van der Waals surface area contributed by atoms with Gasteiger partial charge in [-0.2, -0.15) is 17.0 Å². The Balaban J connectivity index is 2.51. The Hall–Kier alpha value is -0.950. The van der Waals surface area contributed by atoms with Gasteiger partial charge in [0.15, 0.2) is 0 Å². The summed E-state index contributed by atoms with van der Waals surface area (Å²) in [6.07, 6.45) is 7.93. The van der Waals surface area contributed by atoms with Crippen LogP contribution >= 0.6 is 11.8 Å². The Morgan fingerprint density at radius 2 is 2.40 bits per heavy atom. The number of rotatable bonds is 6. The largest absolute Gasteiger partial charge is 0.253 e. The third kappa shape index (κ3) is 3.60. The van der Waals surface area contributed by atoms with Crippen LogP contribution in [0.5, 0.6) is 0 Å². The van der Waals surface area contributed by atoms with Crippen LogP contribution in [-0.4, -0.2) is 16.6 Å². The van der Waals surface area contributed by atoms with Gasteiger partial charge in [0.1, 0.15) is 12.4 Å². The molecule has 1 rings (SSSR count). The maximum atomic E-state index is 8.47. The van der Waals surface area contributed by atoms with Crippen LogP contribution in [0.15, 0.2) is 12.4 Å². The van der Waals surface area contributed by atoms with Crippen molar-refractivity contribution in [2.24, 2.45) is 0 Å². The van der Waals surface area contributed by atoms with Crippen LogP contribution in [0.1, 0.15) is 18.7 Å². The predicted octanol–water partition coefficient (Wildman–Crippen LogP) is 1.75.